The van der Waals surface area contributed by atoms with Crippen LogP contribution >= 0.6 is 0 Å². The molecule has 1 aromatic carbocycles. The van der Waals surface area contributed by atoms with E-state index in [2.05, 4.69) is 16.2 Å². The molecule has 0 bridgehead atoms. The molecule has 3 aromatic rings. The smallest absolute Gasteiger partial charge is 0.338 e. The molecule has 0 aliphatic carbocycles. The van der Waals surface area contributed by atoms with E-state index in [0.29, 0.717) is 28.1 Å². The van der Waals surface area contributed by atoms with Crippen molar-refractivity contribution in [3.05, 3.63) is 46.6 Å². The maximum Gasteiger partial charge on any atom is 0.338 e. The minimum atomic E-state index is -0.426. The number of ether oxygens (including phenoxy) is 1. The Hall–Kier alpha value is -2.69. The van der Waals surface area contributed by atoms with E-state index in [1.807, 2.05) is 26.0 Å². The third kappa shape index (κ3) is 2.24. The zero-order valence-corrected chi connectivity index (χ0v) is 12.9. The highest BCUT2D eigenvalue weighted by Crippen LogP contribution is 2.29. The zero-order chi connectivity index (χ0) is 15.9. The lowest BCUT2D eigenvalue weighted by molar-refractivity contribution is 0.0603. The number of carbonyl (C=O) groups excluding carboxylic acids is 1. The normalized spacial score (nSPS) is 10.9. The topological polar surface area (TPSA) is 65.2 Å². The van der Waals surface area contributed by atoms with E-state index in [0.717, 1.165) is 11.1 Å². The lowest BCUT2D eigenvalue weighted by Gasteiger charge is -2.08. The Morgan fingerprint density at radius 2 is 1.95 bits per heavy atom. The van der Waals surface area contributed by atoms with E-state index < -0.39 is 5.97 Å². The molecule has 0 spiro atoms. The highest BCUT2D eigenvalue weighted by atomic mass is 16.5. The lowest BCUT2D eigenvalue weighted by atomic mass is 10.0. The number of hydrogen-bond acceptors (Lipinski definition) is 5. The van der Waals surface area contributed by atoms with Crippen LogP contribution in [0.25, 0.3) is 22.4 Å². The van der Waals surface area contributed by atoms with Crippen LogP contribution in [0.4, 0.5) is 0 Å². The van der Waals surface area contributed by atoms with Gasteiger partial charge in [0.25, 0.3) is 5.71 Å². The van der Waals surface area contributed by atoms with E-state index in [1.165, 1.54) is 12.7 Å². The van der Waals surface area contributed by atoms with Crippen molar-refractivity contribution < 1.29 is 14.1 Å². The Labute approximate surface area is 127 Å². The summed E-state index contributed by atoms with van der Waals surface area (Å²) in [6.45, 7) is 5.82. The monoisotopic (exact) mass is 296 g/mol. The molecule has 0 unspecified atom stereocenters. The molecule has 22 heavy (non-hydrogen) atoms. The Balaban J connectivity index is 2.29. The molecule has 2 heterocycles. The number of nitrogens with zero attached hydrogens (tertiary/aromatic N) is 2. The third-order valence-corrected chi connectivity index (χ3v) is 3.68. The van der Waals surface area contributed by atoms with Gasteiger partial charge in [0.15, 0.2) is 0 Å². The van der Waals surface area contributed by atoms with Gasteiger partial charge in [-0.2, -0.15) is 0 Å². The highest BCUT2D eigenvalue weighted by molar-refractivity contribution is 6.04. The van der Waals surface area contributed by atoms with Gasteiger partial charge in [-0.15, -0.1) is 0 Å². The molecule has 5 heteroatoms. The van der Waals surface area contributed by atoms with Gasteiger partial charge in [0.1, 0.15) is 0 Å². The summed E-state index contributed by atoms with van der Waals surface area (Å²) in [6.07, 6.45) is 0. The van der Waals surface area contributed by atoms with Crippen LogP contribution in [0.1, 0.15) is 27.2 Å². The molecule has 3 rings (SSSR count). The first kappa shape index (κ1) is 14.3. The molecule has 0 fully saturated rings. The van der Waals surface area contributed by atoms with Crippen LogP contribution < -0.4 is 0 Å². The van der Waals surface area contributed by atoms with Gasteiger partial charge in [-0.25, -0.2) is 9.78 Å². The van der Waals surface area contributed by atoms with Gasteiger partial charge in [0, 0.05) is 5.56 Å². The average molecular weight is 296 g/mol. The van der Waals surface area contributed by atoms with Gasteiger partial charge in [0.05, 0.1) is 29.4 Å². The van der Waals surface area contributed by atoms with E-state index in [1.54, 1.807) is 13.0 Å². The van der Waals surface area contributed by atoms with Crippen molar-refractivity contribution in [2.75, 3.05) is 7.11 Å². The van der Waals surface area contributed by atoms with Crippen LogP contribution in [0.5, 0.6) is 0 Å². The number of pyridine rings is 1. The number of benzene rings is 1. The molecule has 112 valence electrons. The first-order chi connectivity index (χ1) is 10.5. The molecule has 5 nitrogen and oxygen atoms in total. The van der Waals surface area contributed by atoms with Gasteiger partial charge >= 0.3 is 5.97 Å². The molecule has 0 N–H and O–H groups in total. The van der Waals surface area contributed by atoms with Crippen LogP contribution in [-0.4, -0.2) is 23.2 Å². The minimum absolute atomic E-state index is 0.343. The predicted molar refractivity (Wildman–Crippen MR) is 82.8 cm³/mol. The fourth-order valence-electron chi connectivity index (χ4n) is 2.60. The van der Waals surface area contributed by atoms with E-state index in [-0.39, 0.29) is 0 Å². The maximum atomic E-state index is 12.1. The highest BCUT2D eigenvalue weighted by Gasteiger charge is 2.20. The molecule has 0 saturated carbocycles. The first-order valence-electron chi connectivity index (χ1n) is 6.94. The van der Waals surface area contributed by atoms with Crippen LogP contribution in [0, 0.1) is 20.8 Å². The van der Waals surface area contributed by atoms with E-state index >= 15 is 0 Å². The van der Waals surface area contributed by atoms with Crippen molar-refractivity contribution in [3.8, 4) is 11.3 Å². The fraction of sp³-hybridized carbons (Fsp3) is 0.235. The molecule has 0 saturated heterocycles. The Kier molecular flexibility index (Phi) is 3.41. The molecule has 0 radical (unpaired) electrons. The lowest BCUT2D eigenvalue weighted by Crippen LogP contribution is -2.04. The summed E-state index contributed by atoms with van der Waals surface area (Å²) in [5.74, 6) is -0.426. The first-order valence-corrected chi connectivity index (χ1v) is 6.94. The minimum Gasteiger partial charge on any atom is -0.465 e. The molecule has 0 aliphatic heterocycles. The van der Waals surface area contributed by atoms with Gasteiger partial charge in [-0.1, -0.05) is 28.9 Å². The van der Waals surface area contributed by atoms with Gasteiger partial charge in [-0.05, 0) is 32.4 Å². The molecular formula is C17H16N2O3. The van der Waals surface area contributed by atoms with Gasteiger partial charge < -0.3 is 9.26 Å². The summed E-state index contributed by atoms with van der Waals surface area (Å²) in [6, 6.07) is 7.81. The number of methoxy groups -OCH3 is 1. The number of carbonyl (C=O) groups is 1. The molecule has 0 amide bonds. The molecule has 0 aliphatic rings. The van der Waals surface area contributed by atoms with Crippen molar-refractivity contribution >= 4 is 17.1 Å². The second kappa shape index (κ2) is 5.26. The predicted octanol–water partition coefficient (Wildman–Crippen LogP) is 3.60. The fourth-order valence-corrected chi connectivity index (χ4v) is 2.60. The second-order valence-electron chi connectivity index (χ2n) is 5.31. The van der Waals surface area contributed by atoms with Crippen LogP contribution in [0.3, 0.4) is 0 Å². The third-order valence-electron chi connectivity index (χ3n) is 3.68. The quantitative estimate of drug-likeness (QED) is 0.676. The number of hydrogen-bond donors (Lipinski definition) is 0. The number of aryl methyl sites for hydroxylation is 3. The van der Waals surface area contributed by atoms with E-state index in [9.17, 15) is 4.79 Å². The van der Waals surface area contributed by atoms with Crippen LogP contribution in [0.2, 0.25) is 0 Å². The van der Waals surface area contributed by atoms with E-state index in [4.69, 9.17) is 9.26 Å². The van der Waals surface area contributed by atoms with Crippen molar-refractivity contribution in [1.29, 1.82) is 0 Å². The summed E-state index contributed by atoms with van der Waals surface area (Å²) < 4.78 is 10.1. The Morgan fingerprint density at radius 3 is 2.64 bits per heavy atom. The standard InChI is InChI=1S/C17H16N2O3/c1-9-5-6-12(10(2)7-9)14-8-13(17(20)21-4)15-11(3)19-22-16(15)18-14/h5-8H,1-4H3. The van der Waals surface area contributed by atoms with Crippen LogP contribution in [0.15, 0.2) is 28.8 Å². The summed E-state index contributed by atoms with van der Waals surface area (Å²) >= 11 is 0. The second-order valence-corrected chi connectivity index (χ2v) is 5.31. The van der Waals surface area contributed by atoms with Gasteiger partial charge in [-0.3, -0.25) is 0 Å². The van der Waals surface area contributed by atoms with Crippen molar-refractivity contribution in [1.82, 2.24) is 10.1 Å². The summed E-state index contributed by atoms with van der Waals surface area (Å²) in [5.41, 5.74) is 5.25. The zero-order valence-electron chi connectivity index (χ0n) is 12.9. The van der Waals surface area contributed by atoms with Crippen molar-refractivity contribution in [2.24, 2.45) is 0 Å². The average Bonchev–Trinajstić information content (AvgIpc) is 2.87. The molecule has 0 atom stereocenters. The number of aromatic nitrogens is 2. The maximum absolute atomic E-state index is 12.1. The summed E-state index contributed by atoms with van der Waals surface area (Å²) in [7, 11) is 1.36. The van der Waals surface area contributed by atoms with Crippen LogP contribution in [-0.2, 0) is 4.74 Å². The summed E-state index contributed by atoms with van der Waals surface area (Å²) in [4.78, 5) is 16.6. The largest absolute Gasteiger partial charge is 0.465 e. The van der Waals surface area contributed by atoms with Crippen molar-refractivity contribution in [3.63, 3.8) is 0 Å². The molecular weight excluding hydrogens is 280 g/mol. The number of fused-ring (bicyclic) bond motifs is 1. The number of esters is 1. The SMILES string of the molecule is COC(=O)c1cc(-c2ccc(C)cc2C)nc2onc(C)c12. The Bertz CT molecular complexity index is 881. The Morgan fingerprint density at radius 1 is 1.18 bits per heavy atom. The van der Waals surface area contributed by atoms with Gasteiger partial charge in [0.2, 0.25) is 0 Å². The summed E-state index contributed by atoms with van der Waals surface area (Å²) in [5, 5.41) is 4.50. The van der Waals surface area contributed by atoms with Crippen molar-refractivity contribution in [2.45, 2.75) is 20.8 Å². The molecule has 2 aromatic heterocycles. The number of rotatable bonds is 2.